The summed E-state index contributed by atoms with van der Waals surface area (Å²) < 4.78 is 10.2. The molecule has 1 aliphatic heterocycles. The summed E-state index contributed by atoms with van der Waals surface area (Å²) in [4.78, 5) is 11.4. The molecule has 0 radical (unpaired) electrons. The molecule has 1 amide bonds. The zero-order valence-corrected chi connectivity index (χ0v) is 11.1. The van der Waals surface area contributed by atoms with Gasteiger partial charge >= 0.3 is 0 Å². The lowest BCUT2D eigenvalue weighted by molar-refractivity contribution is -0.119. The van der Waals surface area contributed by atoms with Gasteiger partial charge in [-0.3, -0.25) is 4.79 Å². The lowest BCUT2D eigenvalue weighted by Gasteiger charge is -2.24. The fourth-order valence-electron chi connectivity index (χ4n) is 2.11. The van der Waals surface area contributed by atoms with Gasteiger partial charge in [0.15, 0.2) is 0 Å². The van der Waals surface area contributed by atoms with Crippen LogP contribution in [0.3, 0.4) is 0 Å². The van der Waals surface area contributed by atoms with Crippen molar-refractivity contribution in [3.63, 3.8) is 0 Å². The Bertz CT molecular complexity index is 417. The number of nitrogens with one attached hydrogen (secondary N) is 2. The summed E-state index contributed by atoms with van der Waals surface area (Å²) in [6, 6.07) is 8.02. The minimum atomic E-state index is -0.152. The lowest BCUT2D eigenvalue weighted by Crippen LogP contribution is -2.29. The van der Waals surface area contributed by atoms with E-state index in [1.54, 1.807) is 0 Å². The second-order valence-electron chi connectivity index (χ2n) is 4.62. The molecule has 0 aromatic heterocycles. The Morgan fingerprint density at radius 2 is 2.32 bits per heavy atom. The van der Waals surface area contributed by atoms with E-state index in [2.05, 4.69) is 10.6 Å². The number of ether oxygens (including phenoxy) is 2. The van der Waals surface area contributed by atoms with Gasteiger partial charge in [-0.25, -0.2) is 0 Å². The monoisotopic (exact) mass is 264 g/mol. The van der Waals surface area contributed by atoms with Crippen LogP contribution in [0.2, 0.25) is 0 Å². The van der Waals surface area contributed by atoms with Gasteiger partial charge in [-0.15, -0.1) is 0 Å². The van der Waals surface area contributed by atoms with Crippen LogP contribution < -0.4 is 10.6 Å². The lowest BCUT2D eigenvalue weighted by atomic mass is 10.1. The van der Waals surface area contributed by atoms with Gasteiger partial charge in [0.05, 0.1) is 6.61 Å². The van der Waals surface area contributed by atoms with Crippen molar-refractivity contribution in [2.45, 2.75) is 18.9 Å². The van der Waals surface area contributed by atoms with Crippen molar-refractivity contribution in [1.29, 1.82) is 0 Å². The Morgan fingerprint density at radius 1 is 1.47 bits per heavy atom. The first kappa shape index (κ1) is 13.8. The second-order valence-corrected chi connectivity index (χ2v) is 4.62. The number of benzene rings is 1. The molecule has 0 bridgehead atoms. The van der Waals surface area contributed by atoms with Gasteiger partial charge in [0.25, 0.3) is 0 Å². The first-order valence-electron chi connectivity index (χ1n) is 6.51. The highest BCUT2D eigenvalue weighted by Crippen LogP contribution is 2.18. The highest BCUT2D eigenvalue weighted by Gasteiger charge is 2.13. The second kappa shape index (κ2) is 7.11. The molecule has 1 atom stereocenters. The van der Waals surface area contributed by atoms with Crippen LogP contribution in [0.5, 0.6) is 0 Å². The number of hydrogen-bond donors (Lipinski definition) is 2. The average Bonchev–Trinajstić information content (AvgIpc) is 2.40. The maximum Gasteiger partial charge on any atom is 0.250 e. The molecule has 1 heterocycles. The van der Waals surface area contributed by atoms with Crippen molar-refractivity contribution in [3.05, 3.63) is 24.3 Å². The van der Waals surface area contributed by atoms with Gasteiger partial charge in [0, 0.05) is 31.1 Å². The molecular weight excluding hydrogens is 244 g/mol. The average molecular weight is 264 g/mol. The van der Waals surface area contributed by atoms with Crippen molar-refractivity contribution in [2.24, 2.45) is 0 Å². The zero-order chi connectivity index (χ0) is 13.5. The van der Waals surface area contributed by atoms with E-state index in [0.29, 0.717) is 6.04 Å². The normalized spacial score (nSPS) is 18.9. The van der Waals surface area contributed by atoms with Gasteiger partial charge in [-0.2, -0.15) is 0 Å². The third-order valence-corrected chi connectivity index (χ3v) is 2.95. The van der Waals surface area contributed by atoms with Crippen LogP contribution in [0.4, 0.5) is 11.4 Å². The Morgan fingerprint density at radius 3 is 3.05 bits per heavy atom. The number of rotatable bonds is 5. The van der Waals surface area contributed by atoms with Gasteiger partial charge in [-0.05, 0) is 31.0 Å². The van der Waals surface area contributed by atoms with Crippen molar-refractivity contribution in [2.75, 3.05) is 37.6 Å². The maximum absolute atomic E-state index is 11.4. The molecule has 0 spiro atoms. The van der Waals surface area contributed by atoms with E-state index in [1.807, 2.05) is 24.3 Å². The standard InChI is InChI=1S/C14H20N2O3/c1-18-10-14(17)16-12-5-2-4-11(8-12)15-13-6-3-7-19-9-13/h2,4-5,8,13,15H,3,6-7,9-10H2,1H3,(H,16,17). The van der Waals surface area contributed by atoms with Crippen LogP contribution in [-0.4, -0.2) is 38.9 Å². The molecule has 1 aliphatic rings. The van der Waals surface area contributed by atoms with E-state index < -0.39 is 0 Å². The molecule has 19 heavy (non-hydrogen) atoms. The molecule has 1 unspecified atom stereocenters. The molecule has 5 nitrogen and oxygen atoms in total. The predicted molar refractivity (Wildman–Crippen MR) is 74.4 cm³/mol. The van der Waals surface area contributed by atoms with Gasteiger partial charge in [0.2, 0.25) is 5.91 Å². The van der Waals surface area contributed by atoms with Crippen LogP contribution in [0.25, 0.3) is 0 Å². The number of hydrogen-bond acceptors (Lipinski definition) is 4. The van der Waals surface area contributed by atoms with Crippen LogP contribution in [-0.2, 0) is 14.3 Å². The summed E-state index contributed by atoms with van der Waals surface area (Å²) in [5, 5.41) is 6.20. The van der Waals surface area contributed by atoms with Crippen molar-refractivity contribution < 1.29 is 14.3 Å². The predicted octanol–water partition coefficient (Wildman–Crippen LogP) is 1.86. The smallest absolute Gasteiger partial charge is 0.250 e. The molecule has 1 saturated heterocycles. The van der Waals surface area contributed by atoms with Crippen LogP contribution in [0.1, 0.15) is 12.8 Å². The number of amides is 1. The fourth-order valence-corrected chi connectivity index (χ4v) is 2.11. The summed E-state index contributed by atoms with van der Waals surface area (Å²) in [6.45, 7) is 1.65. The van der Waals surface area contributed by atoms with E-state index in [9.17, 15) is 4.79 Å². The largest absolute Gasteiger partial charge is 0.380 e. The minimum Gasteiger partial charge on any atom is -0.380 e. The van der Waals surface area contributed by atoms with E-state index in [0.717, 1.165) is 37.4 Å². The van der Waals surface area contributed by atoms with Gasteiger partial charge in [0.1, 0.15) is 6.61 Å². The van der Waals surface area contributed by atoms with Crippen molar-refractivity contribution >= 4 is 17.3 Å². The Hall–Kier alpha value is -1.59. The van der Waals surface area contributed by atoms with E-state index in [-0.39, 0.29) is 12.5 Å². The minimum absolute atomic E-state index is 0.0636. The summed E-state index contributed by atoms with van der Waals surface area (Å²) in [5.74, 6) is -0.152. The summed E-state index contributed by atoms with van der Waals surface area (Å²) >= 11 is 0. The third kappa shape index (κ3) is 4.54. The molecule has 1 fully saturated rings. The highest BCUT2D eigenvalue weighted by atomic mass is 16.5. The number of carbonyl (C=O) groups excluding carboxylic acids is 1. The van der Waals surface area contributed by atoms with E-state index in [4.69, 9.17) is 9.47 Å². The zero-order valence-electron chi connectivity index (χ0n) is 11.1. The maximum atomic E-state index is 11.4. The number of carbonyl (C=O) groups is 1. The third-order valence-electron chi connectivity index (χ3n) is 2.95. The summed E-state index contributed by atoms with van der Waals surface area (Å²) in [6.07, 6.45) is 2.20. The number of anilines is 2. The molecule has 2 N–H and O–H groups in total. The molecule has 5 heteroatoms. The summed E-state index contributed by atoms with van der Waals surface area (Å²) in [5.41, 5.74) is 1.76. The van der Waals surface area contributed by atoms with E-state index in [1.165, 1.54) is 7.11 Å². The fraction of sp³-hybridized carbons (Fsp3) is 0.500. The topological polar surface area (TPSA) is 59.6 Å². The highest BCUT2D eigenvalue weighted by molar-refractivity contribution is 5.92. The molecule has 0 saturated carbocycles. The first-order valence-corrected chi connectivity index (χ1v) is 6.51. The molecule has 1 aromatic rings. The Labute approximate surface area is 113 Å². The quantitative estimate of drug-likeness (QED) is 0.852. The Balaban J connectivity index is 1.92. The van der Waals surface area contributed by atoms with Crippen molar-refractivity contribution in [3.8, 4) is 0 Å². The SMILES string of the molecule is COCC(=O)Nc1cccc(NC2CCCOC2)c1. The van der Waals surface area contributed by atoms with Crippen LogP contribution >= 0.6 is 0 Å². The molecule has 104 valence electrons. The van der Waals surface area contributed by atoms with Crippen LogP contribution in [0, 0.1) is 0 Å². The molecule has 2 rings (SSSR count). The molecule has 1 aromatic carbocycles. The van der Waals surface area contributed by atoms with Crippen LogP contribution in [0.15, 0.2) is 24.3 Å². The van der Waals surface area contributed by atoms with Crippen molar-refractivity contribution in [1.82, 2.24) is 0 Å². The molecule has 0 aliphatic carbocycles. The molecular formula is C14H20N2O3. The first-order chi connectivity index (χ1) is 9.28. The summed E-state index contributed by atoms with van der Waals surface area (Å²) in [7, 11) is 1.50. The Kier molecular flexibility index (Phi) is 5.18. The van der Waals surface area contributed by atoms with E-state index >= 15 is 0 Å². The van der Waals surface area contributed by atoms with Gasteiger partial charge < -0.3 is 20.1 Å². The number of methoxy groups -OCH3 is 1. The van der Waals surface area contributed by atoms with Gasteiger partial charge in [-0.1, -0.05) is 6.07 Å².